The minimum absolute atomic E-state index is 0.228. The third-order valence-electron chi connectivity index (χ3n) is 3.78. The van der Waals surface area contributed by atoms with E-state index >= 15 is 0 Å². The molecule has 3 rings (SSSR count). The van der Waals surface area contributed by atoms with Gasteiger partial charge in [-0.1, -0.05) is 45.8 Å². The van der Waals surface area contributed by atoms with Gasteiger partial charge in [0, 0.05) is 23.6 Å². The minimum Gasteiger partial charge on any atom is -0.351 e. The van der Waals surface area contributed by atoms with Crippen LogP contribution in [0.25, 0.3) is 11.3 Å². The number of hydrogen-bond donors (Lipinski definition) is 1. The van der Waals surface area contributed by atoms with Crippen LogP contribution in [-0.4, -0.2) is 9.55 Å². The Morgan fingerprint density at radius 3 is 2.65 bits per heavy atom. The number of nitrogens with one attached hydrogen (secondary N) is 1. The lowest BCUT2D eigenvalue weighted by Crippen LogP contribution is -2.07. The zero-order chi connectivity index (χ0) is 16.4. The second-order valence-electron chi connectivity index (χ2n) is 5.48. The van der Waals surface area contributed by atoms with Crippen molar-refractivity contribution in [1.82, 2.24) is 9.55 Å². The van der Waals surface area contributed by atoms with Crippen molar-refractivity contribution in [3.05, 3.63) is 70.1 Å². The minimum atomic E-state index is -0.228. The molecule has 0 atom stereocenters. The van der Waals surface area contributed by atoms with Crippen LogP contribution in [0.5, 0.6) is 0 Å². The molecule has 0 spiro atoms. The predicted molar refractivity (Wildman–Crippen MR) is 94.8 cm³/mol. The number of nitrogens with zero attached hydrogens (tertiary/aromatic N) is 2. The summed E-state index contributed by atoms with van der Waals surface area (Å²) >= 11 is 3.36. The highest BCUT2D eigenvalue weighted by Gasteiger charge is 2.09. The third kappa shape index (κ3) is 3.45. The molecule has 0 radical (unpaired) electrons. The molecule has 0 bridgehead atoms. The summed E-state index contributed by atoms with van der Waals surface area (Å²) in [4.78, 5) is 4.40. The predicted octanol–water partition coefficient (Wildman–Crippen LogP) is 4.91. The molecule has 0 aliphatic carbocycles. The van der Waals surface area contributed by atoms with Gasteiger partial charge in [0.05, 0.1) is 11.9 Å². The number of benzene rings is 2. The number of hydrogen-bond acceptors (Lipinski definition) is 2. The smallest absolute Gasteiger partial charge is 0.203 e. The molecule has 0 saturated carbocycles. The molecule has 1 heterocycles. The van der Waals surface area contributed by atoms with Crippen LogP contribution in [0.1, 0.15) is 11.1 Å². The molecule has 0 fully saturated rings. The van der Waals surface area contributed by atoms with E-state index in [0.717, 1.165) is 15.7 Å². The first-order valence-electron chi connectivity index (χ1n) is 7.31. The summed E-state index contributed by atoms with van der Waals surface area (Å²) in [7, 11) is 1.95. The standard InChI is InChI=1S/C18H17BrFN3/c1-12-3-5-13(6-4-12)17-11-22-18(23(17)2)21-10-14-9-15(19)7-8-16(14)20/h3-9,11H,10H2,1-2H3,(H,21,22). The Balaban J connectivity index is 1.79. The summed E-state index contributed by atoms with van der Waals surface area (Å²) in [6.45, 7) is 2.44. The molecule has 1 N–H and O–H groups in total. The van der Waals surface area contributed by atoms with Gasteiger partial charge in [0.15, 0.2) is 0 Å². The summed E-state index contributed by atoms with van der Waals surface area (Å²) in [5.41, 5.74) is 3.94. The summed E-state index contributed by atoms with van der Waals surface area (Å²) < 4.78 is 16.6. The molecule has 23 heavy (non-hydrogen) atoms. The van der Waals surface area contributed by atoms with Crippen LogP contribution in [-0.2, 0) is 13.6 Å². The molecule has 118 valence electrons. The number of anilines is 1. The molecule has 0 unspecified atom stereocenters. The van der Waals surface area contributed by atoms with Gasteiger partial charge in [0.2, 0.25) is 5.95 Å². The average molecular weight is 374 g/mol. The molecular weight excluding hydrogens is 357 g/mol. The van der Waals surface area contributed by atoms with E-state index < -0.39 is 0 Å². The van der Waals surface area contributed by atoms with Gasteiger partial charge in [-0.3, -0.25) is 0 Å². The third-order valence-corrected chi connectivity index (χ3v) is 4.27. The molecule has 3 aromatic rings. The zero-order valence-corrected chi connectivity index (χ0v) is 14.6. The number of rotatable bonds is 4. The Morgan fingerprint density at radius 1 is 1.17 bits per heavy atom. The van der Waals surface area contributed by atoms with Gasteiger partial charge in [-0.25, -0.2) is 9.37 Å². The molecule has 1 aromatic heterocycles. The molecule has 3 nitrogen and oxygen atoms in total. The fourth-order valence-electron chi connectivity index (χ4n) is 2.42. The van der Waals surface area contributed by atoms with E-state index in [-0.39, 0.29) is 5.82 Å². The van der Waals surface area contributed by atoms with E-state index in [9.17, 15) is 4.39 Å². The van der Waals surface area contributed by atoms with Crippen molar-refractivity contribution < 1.29 is 4.39 Å². The van der Waals surface area contributed by atoms with E-state index in [1.54, 1.807) is 12.1 Å². The first-order valence-corrected chi connectivity index (χ1v) is 8.10. The molecule has 0 aliphatic rings. The fraction of sp³-hybridized carbons (Fsp3) is 0.167. The van der Waals surface area contributed by atoms with E-state index in [4.69, 9.17) is 0 Å². The van der Waals surface area contributed by atoms with Crippen molar-refractivity contribution in [3.8, 4) is 11.3 Å². The Hall–Kier alpha value is -2.14. The second kappa shape index (κ2) is 6.54. The van der Waals surface area contributed by atoms with Crippen molar-refractivity contribution in [3.63, 3.8) is 0 Å². The average Bonchev–Trinajstić information content (AvgIpc) is 2.90. The van der Waals surface area contributed by atoms with Crippen molar-refractivity contribution in [1.29, 1.82) is 0 Å². The van der Waals surface area contributed by atoms with Crippen molar-refractivity contribution in [2.75, 3.05) is 5.32 Å². The highest BCUT2D eigenvalue weighted by atomic mass is 79.9. The largest absolute Gasteiger partial charge is 0.351 e. The molecule has 5 heteroatoms. The second-order valence-corrected chi connectivity index (χ2v) is 6.40. The SMILES string of the molecule is Cc1ccc(-c2cnc(NCc3cc(Br)ccc3F)n2C)cc1. The lowest BCUT2D eigenvalue weighted by atomic mass is 10.1. The number of aryl methyl sites for hydroxylation is 1. The Kier molecular flexibility index (Phi) is 4.48. The summed E-state index contributed by atoms with van der Waals surface area (Å²) in [6, 6.07) is 13.2. The first-order chi connectivity index (χ1) is 11.0. The van der Waals surface area contributed by atoms with Crippen LogP contribution in [0, 0.1) is 12.7 Å². The van der Waals surface area contributed by atoms with E-state index in [1.165, 1.54) is 11.6 Å². The van der Waals surface area contributed by atoms with Gasteiger partial charge >= 0.3 is 0 Å². The summed E-state index contributed by atoms with van der Waals surface area (Å²) in [6.07, 6.45) is 1.82. The highest BCUT2D eigenvalue weighted by molar-refractivity contribution is 9.10. The maximum absolute atomic E-state index is 13.8. The van der Waals surface area contributed by atoms with Crippen molar-refractivity contribution >= 4 is 21.9 Å². The Labute approximate surface area is 143 Å². The quantitative estimate of drug-likeness (QED) is 0.703. The summed E-state index contributed by atoms with van der Waals surface area (Å²) in [5, 5.41) is 3.19. The Morgan fingerprint density at radius 2 is 1.91 bits per heavy atom. The molecule has 2 aromatic carbocycles. The lowest BCUT2D eigenvalue weighted by molar-refractivity contribution is 0.612. The summed E-state index contributed by atoms with van der Waals surface area (Å²) in [5.74, 6) is 0.480. The van der Waals surface area contributed by atoms with Crippen LogP contribution >= 0.6 is 15.9 Å². The van der Waals surface area contributed by atoms with E-state index in [2.05, 4.69) is 57.4 Å². The maximum Gasteiger partial charge on any atom is 0.203 e. The van der Waals surface area contributed by atoms with Gasteiger partial charge in [-0.05, 0) is 30.7 Å². The zero-order valence-electron chi connectivity index (χ0n) is 13.0. The van der Waals surface area contributed by atoms with Crippen LogP contribution < -0.4 is 5.32 Å². The molecule has 0 aliphatic heterocycles. The van der Waals surface area contributed by atoms with Crippen LogP contribution in [0.2, 0.25) is 0 Å². The number of halogens is 2. The van der Waals surface area contributed by atoms with Gasteiger partial charge in [0.1, 0.15) is 5.82 Å². The van der Waals surface area contributed by atoms with Crippen LogP contribution in [0.15, 0.2) is 53.1 Å². The Bertz CT molecular complexity index is 825. The van der Waals surface area contributed by atoms with Crippen molar-refractivity contribution in [2.45, 2.75) is 13.5 Å². The highest BCUT2D eigenvalue weighted by Crippen LogP contribution is 2.23. The van der Waals surface area contributed by atoms with Gasteiger partial charge in [-0.15, -0.1) is 0 Å². The lowest BCUT2D eigenvalue weighted by Gasteiger charge is -2.09. The number of imidazole rings is 1. The van der Waals surface area contributed by atoms with Gasteiger partial charge < -0.3 is 9.88 Å². The monoisotopic (exact) mass is 373 g/mol. The van der Waals surface area contributed by atoms with Crippen LogP contribution in [0.4, 0.5) is 10.3 Å². The molecular formula is C18H17BrFN3. The molecule has 0 saturated heterocycles. The van der Waals surface area contributed by atoms with Crippen molar-refractivity contribution in [2.24, 2.45) is 7.05 Å². The number of aromatic nitrogens is 2. The first kappa shape index (κ1) is 15.7. The maximum atomic E-state index is 13.8. The molecule has 0 amide bonds. The normalized spacial score (nSPS) is 10.8. The van der Waals surface area contributed by atoms with Gasteiger partial charge in [-0.2, -0.15) is 0 Å². The van der Waals surface area contributed by atoms with E-state index in [1.807, 2.05) is 17.8 Å². The fourth-order valence-corrected chi connectivity index (χ4v) is 2.83. The topological polar surface area (TPSA) is 29.9 Å². The van der Waals surface area contributed by atoms with Gasteiger partial charge in [0.25, 0.3) is 0 Å². The van der Waals surface area contributed by atoms with E-state index in [0.29, 0.717) is 18.1 Å². The van der Waals surface area contributed by atoms with Crippen LogP contribution in [0.3, 0.4) is 0 Å².